The van der Waals surface area contributed by atoms with E-state index in [0.29, 0.717) is 0 Å². The third kappa shape index (κ3) is 3.80. The molecular weight excluding hydrogens is 279 g/mol. The van der Waals surface area contributed by atoms with Gasteiger partial charge in [-0.1, -0.05) is 11.2 Å². The van der Waals surface area contributed by atoms with Crippen molar-refractivity contribution in [1.82, 2.24) is 4.90 Å². The van der Waals surface area contributed by atoms with E-state index in [0.717, 1.165) is 12.3 Å². The van der Waals surface area contributed by atoms with Crippen LogP contribution in [0.2, 0.25) is 0 Å². The monoisotopic (exact) mass is 294 g/mol. The summed E-state index contributed by atoms with van der Waals surface area (Å²) in [7, 11) is 3.59. The summed E-state index contributed by atoms with van der Waals surface area (Å²) in [6, 6.07) is 0. The maximum Gasteiger partial charge on any atom is 0.106 e. The molecule has 1 heterocycles. The fourth-order valence-electron chi connectivity index (χ4n) is 1.11. The lowest BCUT2D eigenvalue weighted by Crippen LogP contribution is -2.20. The van der Waals surface area contributed by atoms with Crippen molar-refractivity contribution in [3.05, 3.63) is 23.9 Å². The van der Waals surface area contributed by atoms with Crippen LogP contribution in [-0.2, 0) is 4.84 Å². The summed E-state index contributed by atoms with van der Waals surface area (Å²) in [5, 5.41) is 3.87. The average Bonchev–Trinajstić information content (AvgIpc) is 2.05. The van der Waals surface area contributed by atoms with E-state index in [1.165, 1.54) is 5.57 Å². The van der Waals surface area contributed by atoms with Crippen LogP contribution in [0.5, 0.6) is 0 Å². The van der Waals surface area contributed by atoms with Crippen LogP contribution in [0, 0.1) is 0 Å². The quantitative estimate of drug-likeness (QED) is 0.442. The third-order valence-corrected chi connectivity index (χ3v) is 1.75. The molecule has 0 N–H and O–H groups in total. The normalized spacial score (nSPS) is 16.4. The van der Waals surface area contributed by atoms with Gasteiger partial charge in [-0.2, -0.15) is 0 Å². The summed E-state index contributed by atoms with van der Waals surface area (Å²) < 4.78 is 0. The highest BCUT2D eigenvalue weighted by Crippen LogP contribution is 2.07. The first-order valence-corrected chi connectivity index (χ1v) is 3.89. The SMILES string of the molecule is CON=C(C)C1=CC=CN(C)C1.I. The molecule has 0 radical (unpaired) electrons. The molecule has 74 valence electrons. The minimum absolute atomic E-state index is 0. The molecule has 4 heteroatoms. The molecule has 1 aliphatic heterocycles. The first-order chi connectivity index (χ1) is 5.74. The number of oxime groups is 1. The van der Waals surface area contributed by atoms with Gasteiger partial charge in [0.05, 0.1) is 5.71 Å². The first-order valence-electron chi connectivity index (χ1n) is 3.89. The predicted molar refractivity (Wildman–Crippen MR) is 65.4 cm³/mol. The van der Waals surface area contributed by atoms with Crippen molar-refractivity contribution in [2.45, 2.75) is 6.92 Å². The highest BCUT2D eigenvalue weighted by molar-refractivity contribution is 14.0. The first kappa shape index (κ1) is 12.5. The lowest BCUT2D eigenvalue weighted by molar-refractivity contribution is 0.213. The lowest BCUT2D eigenvalue weighted by Gasteiger charge is -2.19. The molecule has 3 nitrogen and oxygen atoms in total. The molecule has 0 saturated carbocycles. The molecule has 0 atom stereocenters. The number of nitrogens with zero attached hydrogens (tertiary/aromatic N) is 2. The summed E-state index contributed by atoms with van der Waals surface area (Å²) in [5.74, 6) is 0. The number of hydrogen-bond donors (Lipinski definition) is 0. The van der Waals surface area contributed by atoms with E-state index in [1.807, 2.05) is 26.2 Å². The second-order valence-corrected chi connectivity index (χ2v) is 2.81. The van der Waals surface area contributed by atoms with Crippen molar-refractivity contribution in [2.75, 3.05) is 20.7 Å². The van der Waals surface area contributed by atoms with Crippen molar-refractivity contribution < 1.29 is 4.84 Å². The van der Waals surface area contributed by atoms with Crippen LogP contribution in [-0.4, -0.2) is 31.3 Å². The molecule has 0 bridgehead atoms. The molecule has 0 amide bonds. The molecule has 1 aliphatic rings. The average molecular weight is 294 g/mol. The summed E-state index contributed by atoms with van der Waals surface area (Å²) >= 11 is 0. The van der Waals surface area contributed by atoms with E-state index in [-0.39, 0.29) is 24.0 Å². The Morgan fingerprint density at radius 2 is 2.31 bits per heavy atom. The minimum Gasteiger partial charge on any atom is -0.399 e. The maximum atomic E-state index is 4.70. The van der Waals surface area contributed by atoms with Gasteiger partial charge in [-0.25, -0.2) is 0 Å². The van der Waals surface area contributed by atoms with Gasteiger partial charge in [0.25, 0.3) is 0 Å². The van der Waals surface area contributed by atoms with Gasteiger partial charge in [0.15, 0.2) is 0 Å². The van der Waals surface area contributed by atoms with E-state index in [9.17, 15) is 0 Å². The second-order valence-electron chi connectivity index (χ2n) is 2.81. The second kappa shape index (κ2) is 6.01. The molecule has 0 fully saturated rings. The standard InChI is InChI=1S/C9H14N2O.HI/c1-8(10-12-3)9-5-4-6-11(2)7-9;/h4-6H,7H2,1-3H3;1H. The van der Waals surface area contributed by atoms with Crippen LogP contribution in [0.3, 0.4) is 0 Å². The molecule has 0 aliphatic carbocycles. The Bertz CT molecular complexity index is 246. The Hall–Kier alpha value is -0.520. The van der Waals surface area contributed by atoms with Gasteiger partial charge in [-0.15, -0.1) is 24.0 Å². The smallest absolute Gasteiger partial charge is 0.106 e. The predicted octanol–water partition coefficient (Wildman–Crippen LogP) is 2.01. The number of likely N-dealkylation sites (N-methyl/N-ethyl adjacent to an activating group) is 1. The summed E-state index contributed by atoms with van der Waals surface area (Å²) in [5.41, 5.74) is 2.13. The van der Waals surface area contributed by atoms with E-state index in [2.05, 4.69) is 16.1 Å². The Labute approximate surface area is 96.1 Å². The van der Waals surface area contributed by atoms with E-state index in [1.54, 1.807) is 7.11 Å². The van der Waals surface area contributed by atoms with E-state index in [4.69, 9.17) is 4.84 Å². The zero-order valence-corrected chi connectivity index (χ0v) is 10.5. The summed E-state index contributed by atoms with van der Waals surface area (Å²) in [4.78, 5) is 6.80. The molecule has 0 saturated heterocycles. The lowest BCUT2D eigenvalue weighted by atomic mass is 10.1. The van der Waals surface area contributed by atoms with Crippen molar-refractivity contribution in [3.63, 3.8) is 0 Å². The Kier molecular flexibility index (Phi) is 5.77. The molecule has 1 rings (SSSR count). The van der Waals surface area contributed by atoms with Crippen LogP contribution in [0.4, 0.5) is 0 Å². The summed E-state index contributed by atoms with van der Waals surface area (Å²) in [6.45, 7) is 2.84. The Balaban J connectivity index is 0.00000144. The largest absolute Gasteiger partial charge is 0.399 e. The zero-order valence-electron chi connectivity index (χ0n) is 8.15. The number of hydrogen-bond acceptors (Lipinski definition) is 3. The molecule has 0 unspecified atom stereocenters. The molecule has 13 heavy (non-hydrogen) atoms. The van der Waals surface area contributed by atoms with Gasteiger partial charge >= 0.3 is 0 Å². The molecule has 0 spiro atoms. The van der Waals surface area contributed by atoms with E-state index >= 15 is 0 Å². The fraction of sp³-hybridized carbons (Fsp3) is 0.444. The van der Waals surface area contributed by atoms with Crippen LogP contribution in [0.25, 0.3) is 0 Å². The van der Waals surface area contributed by atoms with Crippen LogP contribution < -0.4 is 0 Å². The van der Waals surface area contributed by atoms with Crippen molar-refractivity contribution >= 4 is 29.7 Å². The van der Waals surface area contributed by atoms with Crippen molar-refractivity contribution in [3.8, 4) is 0 Å². The molecule has 0 aromatic heterocycles. The maximum absolute atomic E-state index is 4.70. The fourth-order valence-corrected chi connectivity index (χ4v) is 1.11. The molecular formula is C9H15IN2O. The van der Waals surface area contributed by atoms with Crippen molar-refractivity contribution in [2.24, 2.45) is 5.16 Å². The van der Waals surface area contributed by atoms with Crippen LogP contribution in [0.15, 0.2) is 29.1 Å². The van der Waals surface area contributed by atoms with Crippen molar-refractivity contribution in [1.29, 1.82) is 0 Å². The van der Waals surface area contributed by atoms with Gasteiger partial charge in [0, 0.05) is 13.6 Å². The van der Waals surface area contributed by atoms with Gasteiger partial charge in [0.2, 0.25) is 0 Å². The zero-order chi connectivity index (χ0) is 8.97. The van der Waals surface area contributed by atoms with Gasteiger partial charge in [-0.3, -0.25) is 0 Å². The van der Waals surface area contributed by atoms with E-state index < -0.39 is 0 Å². The highest BCUT2D eigenvalue weighted by atomic mass is 127. The van der Waals surface area contributed by atoms with Gasteiger partial charge in [-0.05, 0) is 24.8 Å². The van der Waals surface area contributed by atoms with Gasteiger partial charge in [0.1, 0.15) is 7.11 Å². The van der Waals surface area contributed by atoms with Crippen LogP contribution in [0.1, 0.15) is 6.92 Å². The topological polar surface area (TPSA) is 24.8 Å². The molecule has 0 aromatic rings. The van der Waals surface area contributed by atoms with Gasteiger partial charge < -0.3 is 9.74 Å². The minimum atomic E-state index is 0. The summed E-state index contributed by atoms with van der Waals surface area (Å²) in [6.07, 6.45) is 6.09. The molecule has 0 aromatic carbocycles. The Morgan fingerprint density at radius 3 is 2.85 bits per heavy atom. The number of rotatable bonds is 2. The Morgan fingerprint density at radius 1 is 1.62 bits per heavy atom. The van der Waals surface area contributed by atoms with Crippen LogP contribution >= 0.6 is 24.0 Å². The highest BCUT2D eigenvalue weighted by Gasteiger charge is 2.06. The third-order valence-electron chi connectivity index (χ3n) is 1.75. The number of halogens is 1. The number of allylic oxidation sites excluding steroid dienone is 2.